The van der Waals surface area contributed by atoms with Gasteiger partial charge in [-0.15, -0.1) is 0 Å². The lowest BCUT2D eigenvalue weighted by Crippen LogP contribution is -2.50. The Balaban J connectivity index is 1.61. The minimum atomic E-state index is 0.431. The van der Waals surface area contributed by atoms with E-state index < -0.39 is 0 Å². The molecule has 0 aromatic carbocycles. The fourth-order valence-corrected chi connectivity index (χ4v) is 3.01. The molecular weight excluding hydrogens is 198 g/mol. The fraction of sp³-hybridized carbons (Fsp3) is 1.00. The number of rotatable bonds is 5. The van der Waals surface area contributed by atoms with Crippen LogP contribution in [0.2, 0.25) is 0 Å². The molecule has 94 valence electrons. The van der Waals surface area contributed by atoms with Gasteiger partial charge in [0, 0.05) is 18.0 Å². The summed E-state index contributed by atoms with van der Waals surface area (Å²) >= 11 is 0. The Hall–Kier alpha value is -0.0800. The molecule has 2 nitrogen and oxygen atoms in total. The first kappa shape index (κ1) is 12.4. The van der Waals surface area contributed by atoms with Crippen molar-refractivity contribution in [2.75, 3.05) is 19.8 Å². The first-order chi connectivity index (χ1) is 7.72. The van der Waals surface area contributed by atoms with Crippen molar-refractivity contribution in [3.8, 4) is 0 Å². The van der Waals surface area contributed by atoms with Gasteiger partial charge in [0.2, 0.25) is 0 Å². The van der Waals surface area contributed by atoms with Crippen molar-refractivity contribution in [3.05, 3.63) is 0 Å². The summed E-state index contributed by atoms with van der Waals surface area (Å²) in [6.45, 7) is 7.68. The highest BCUT2D eigenvalue weighted by atomic mass is 16.5. The van der Waals surface area contributed by atoms with Crippen LogP contribution in [0.1, 0.15) is 52.4 Å². The molecule has 0 radical (unpaired) electrons. The summed E-state index contributed by atoms with van der Waals surface area (Å²) in [7, 11) is 0. The van der Waals surface area contributed by atoms with E-state index in [1.54, 1.807) is 0 Å². The molecule has 0 unspecified atom stereocenters. The molecule has 1 aliphatic carbocycles. The van der Waals surface area contributed by atoms with Gasteiger partial charge in [0.1, 0.15) is 0 Å². The second-order valence-corrected chi connectivity index (χ2v) is 6.19. The standard InChI is InChI=1S/C14H27NO/c1-3-4-12-5-7-13(8-6-12)15-9-14(2)10-16-11-14/h12-13,15H,3-11H2,1-2H3. The zero-order valence-corrected chi connectivity index (χ0v) is 10.9. The monoisotopic (exact) mass is 225 g/mol. The van der Waals surface area contributed by atoms with E-state index in [0.29, 0.717) is 5.41 Å². The number of hydrogen-bond acceptors (Lipinski definition) is 2. The predicted molar refractivity (Wildman–Crippen MR) is 67.6 cm³/mol. The summed E-state index contributed by atoms with van der Waals surface area (Å²) in [5.41, 5.74) is 0.431. The van der Waals surface area contributed by atoms with Crippen LogP contribution in [-0.2, 0) is 4.74 Å². The smallest absolute Gasteiger partial charge is 0.0554 e. The molecule has 0 aromatic heterocycles. The quantitative estimate of drug-likeness (QED) is 0.776. The van der Waals surface area contributed by atoms with Gasteiger partial charge in [-0.1, -0.05) is 26.7 Å². The minimum absolute atomic E-state index is 0.431. The van der Waals surface area contributed by atoms with Crippen LogP contribution >= 0.6 is 0 Å². The molecule has 0 spiro atoms. The van der Waals surface area contributed by atoms with Gasteiger partial charge in [-0.25, -0.2) is 0 Å². The van der Waals surface area contributed by atoms with Gasteiger partial charge in [0.15, 0.2) is 0 Å². The average molecular weight is 225 g/mol. The summed E-state index contributed by atoms with van der Waals surface area (Å²) in [4.78, 5) is 0. The molecule has 2 rings (SSSR count). The molecule has 0 bridgehead atoms. The third-order valence-electron chi connectivity index (χ3n) is 4.26. The third-order valence-corrected chi connectivity index (χ3v) is 4.26. The molecule has 1 saturated heterocycles. The molecule has 16 heavy (non-hydrogen) atoms. The highest BCUT2D eigenvalue weighted by molar-refractivity contribution is 4.86. The summed E-state index contributed by atoms with van der Waals surface area (Å²) in [6, 6.07) is 0.783. The van der Waals surface area contributed by atoms with E-state index in [-0.39, 0.29) is 0 Å². The van der Waals surface area contributed by atoms with Gasteiger partial charge in [0.05, 0.1) is 13.2 Å². The zero-order chi connectivity index (χ0) is 11.4. The Labute approximate surface area is 100 Å². The molecule has 1 N–H and O–H groups in total. The van der Waals surface area contributed by atoms with Gasteiger partial charge in [-0.05, 0) is 31.6 Å². The highest BCUT2D eigenvalue weighted by Crippen LogP contribution is 2.29. The number of ether oxygens (including phenoxy) is 1. The van der Waals surface area contributed by atoms with Gasteiger partial charge in [-0.3, -0.25) is 0 Å². The topological polar surface area (TPSA) is 21.3 Å². The molecule has 0 amide bonds. The lowest BCUT2D eigenvalue weighted by Gasteiger charge is -2.40. The lowest BCUT2D eigenvalue weighted by molar-refractivity contribution is -0.100. The highest BCUT2D eigenvalue weighted by Gasteiger charge is 2.33. The predicted octanol–water partition coefficient (Wildman–Crippen LogP) is 2.97. The zero-order valence-electron chi connectivity index (χ0n) is 10.9. The first-order valence-electron chi connectivity index (χ1n) is 7.03. The second kappa shape index (κ2) is 5.50. The van der Waals surface area contributed by atoms with Crippen molar-refractivity contribution in [2.45, 2.75) is 58.4 Å². The van der Waals surface area contributed by atoms with Crippen LogP contribution in [0.25, 0.3) is 0 Å². The van der Waals surface area contributed by atoms with Crippen LogP contribution in [0.5, 0.6) is 0 Å². The maximum Gasteiger partial charge on any atom is 0.0554 e. The van der Waals surface area contributed by atoms with Crippen LogP contribution in [0, 0.1) is 11.3 Å². The number of nitrogens with one attached hydrogen (secondary N) is 1. The van der Waals surface area contributed by atoms with Crippen LogP contribution < -0.4 is 5.32 Å². The molecule has 2 aliphatic rings. The molecule has 1 aliphatic heterocycles. The molecule has 0 aromatic rings. The van der Waals surface area contributed by atoms with Crippen molar-refractivity contribution < 1.29 is 4.74 Å². The van der Waals surface area contributed by atoms with Crippen molar-refractivity contribution in [1.82, 2.24) is 5.32 Å². The Morgan fingerprint density at radius 3 is 2.38 bits per heavy atom. The Morgan fingerprint density at radius 2 is 1.88 bits per heavy atom. The Morgan fingerprint density at radius 1 is 1.19 bits per heavy atom. The van der Waals surface area contributed by atoms with Gasteiger partial charge in [-0.2, -0.15) is 0 Å². The summed E-state index contributed by atoms with van der Waals surface area (Å²) in [5, 5.41) is 3.75. The molecule has 1 saturated carbocycles. The van der Waals surface area contributed by atoms with Crippen molar-refractivity contribution in [1.29, 1.82) is 0 Å². The lowest BCUT2D eigenvalue weighted by atomic mass is 9.82. The van der Waals surface area contributed by atoms with E-state index in [2.05, 4.69) is 19.2 Å². The fourth-order valence-electron chi connectivity index (χ4n) is 3.01. The van der Waals surface area contributed by atoms with Gasteiger partial charge >= 0.3 is 0 Å². The van der Waals surface area contributed by atoms with E-state index in [4.69, 9.17) is 4.74 Å². The second-order valence-electron chi connectivity index (χ2n) is 6.19. The third kappa shape index (κ3) is 3.21. The van der Waals surface area contributed by atoms with E-state index in [1.807, 2.05) is 0 Å². The van der Waals surface area contributed by atoms with E-state index in [1.165, 1.54) is 38.5 Å². The maximum atomic E-state index is 5.29. The average Bonchev–Trinajstić information content (AvgIpc) is 2.26. The molecular formula is C14H27NO. The largest absolute Gasteiger partial charge is 0.380 e. The summed E-state index contributed by atoms with van der Waals surface area (Å²) in [5.74, 6) is 1.02. The SMILES string of the molecule is CCCC1CCC(NCC2(C)COC2)CC1. The maximum absolute atomic E-state index is 5.29. The van der Waals surface area contributed by atoms with Crippen molar-refractivity contribution >= 4 is 0 Å². The van der Waals surface area contributed by atoms with E-state index in [9.17, 15) is 0 Å². The van der Waals surface area contributed by atoms with Gasteiger partial charge < -0.3 is 10.1 Å². The molecule has 2 heteroatoms. The van der Waals surface area contributed by atoms with Gasteiger partial charge in [0.25, 0.3) is 0 Å². The molecule has 0 atom stereocenters. The van der Waals surface area contributed by atoms with Crippen molar-refractivity contribution in [2.24, 2.45) is 11.3 Å². The van der Waals surface area contributed by atoms with E-state index >= 15 is 0 Å². The summed E-state index contributed by atoms with van der Waals surface area (Å²) in [6.07, 6.45) is 8.47. The van der Waals surface area contributed by atoms with Crippen LogP contribution in [0.15, 0.2) is 0 Å². The minimum Gasteiger partial charge on any atom is -0.380 e. The molecule has 1 heterocycles. The van der Waals surface area contributed by atoms with Crippen molar-refractivity contribution in [3.63, 3.8) is 0 Å². The summed E-state index contributed by atoms with van der Waals surface area (Å²) < 4.78 is 5.29. The first-order valence-corrected chi connectivity index (χ1v) is 7.03. The van der Waals surface area contributed by atoms with Crippen LogP contribution in [0.4, 0.5) is 0 Å². The Kier molecular flexibility index (Phi) is 4.26. The van der Waals surface area contributed by atoms with Crippen LogP contribution in [0.3, 0.4) is 0 Å². The van der Waals surface area contributed by atoms with Crippen LogP contribution in [-0.4, -0.2) is 25.8 Å². The molecule has 2 fully saturated rings. The normalized spacial score (nSPS) is 33.4. The number of hydrogen-bond donors (Lipinski definition) is 1. The Bertz CT molecular complexity index is 205. The van der Waals surface area contributed by atoms with E-state index in [0.717, 1.165) is 31.7 Å².